The van der Waals surface area contributed by atoms with Crippen LogP contribution in [0.1, 0.15) is 35.8 Å². The largest absolute Gasteiger partial charge is 0.321 e. The van der Waals surface area contributed by atoms with E-state index in [1.54, 1.807) is 6.20 Å². The van der Waals surface area contributed by atoms with Gasteiger partial charge in [-0.15, -0.1) is 0 Å². The summed E-state index contributed by atoms with van der Waals surface area (Å²) in [6, 6.07) is 9.28. The molecule has 0 unspecified atom stereocenters. The Bertz CT molecular complexity index is 606. The van der Waals surface area contributed by atoms with Gasteiger partial charge in [-0.2, -0.15) is 0 Å². The highest BCUT2D eigenvalue weighted by Crippen LogP contribution is 2.34. The normalized spacial score (nSPS) is 18.3. The Morgan fingerprint density at radius 1 is 1.40 bits per heavy atom. The molecule has 20 heavy (non-hydrogen) atoms. The van der Waals surface area contributed by atoms with E-state index in [1.165, 1.54) is 30.4 Å². The average Bonchev–Trinajstić information content (AvgIpc) is 2.78. The van der Waals surface area contributed by atoms with E-state index in [2.05, 4.69) is 41.2 Å². The minimum atomic E-state index is 0.482. The minimum absolute atomic E-state index is 0.482. The zero-order valence-electron chi connectivity index (χ0n) is 12.0. The highest BCUT2D eigenvalue weighted by Gasteiger charge is 2.24. The molecule has 1 atom stereocenters. The second kappa shape index (κ2) is 5.58. The van der Waals surface area contributed by atoms with Crippen molar-refractivity contribution in [3.05, 3.63) is 52.6 Å². The number of aryl methyl sites for hydroxylation is 1. The predicted molar refractivity (Wildman–Crippen MR) is 81.8 cm³/mol. The smallest absolute Gasteiger partial charge is 0.128 e. The number of halogens is 1. The van der Waals surface area contributed by atoms with E-state index in [1.807, 2.05) is 11.6 Å². The Labute approximate surface area is 125 Å². The number of fused-ring (bicyclic) bond motifs is 1. The molecule has 0 spiro atoms. The zero-order chi connectivity index (χ0) is 14.1. The Hall–Kier alpha value is -1.32. The quantitative estimate of drug-likeness (QED) is 0.861. The van der Waals surface area contributed by atoms with Gasteiger partial charge in [-0.05, 0) is 37.4 Å². The van der Waals surface area contributed by atoms with Crippen molar-refractivity contribution in [1.82, 2.24) is 14.5 Å². The molecule has 1 aromatic carbocycles. The topological polar surface area (TPSA) is 21.1 Å². The first-order valence-electron chi connectivity index (χ1n) is 7.11. The number of benzene rings is 1. The van der Waals surface area contributed by atoms with Crippen molar-refractivity contribution in [1.29, 1.82) is 0 Å². The number of aromatic nitrogens is 2. The van der Waals surface area contributed by atoms with Crippen LogP contribution < -0.4 is 0 Å². The molecule has 106 valence electrons. The predicted octanol–water partition coefficient (Wildman–Crippen LogP) is 3.58. The van der Waals surface area contributed by atoms with E-state index < -0.39 is 0 Å². The monoisotopic (exact) mass is 289 g/mol. The molecule has 1 aliphatic carbocycles. The van der Waals surface area contributed by atoms with E-state index in [9.17, 15) is 0 Å². The molecule has 2 aromatic rings. The third-order valence-corrected chi connectivity index (χ3v) is 4.64. The van der Waals surface area contributed by atoms with Crippen molar-refractivity contribution in [2.45, 2.75) is 31.8 Å². The van der Waals surface area contributed by atoms with Gasteiger partial charge in [-0.3, -0.25) is 4.90 Å². The van der Waals surface area contributed by atoms with E-state index in [0.29, 0.717) is 11.2 Å². The van der Waals surface area contributed by atoms with Crippen LogP contribution in [-0.2, 0) is 20.0 Å². The fourth-order valence-electron chi connectivity index (χ4n) is 3.09. The molecule has 0 aliphatic heterocycles. The molecule has 3 rings (SSSR count). The summed E-state index contributed by atoms with van der Waals surface area (Å²) in [5, 5.41) is 0.692. The maximum Gasteiger partial charge on any atom is 0.128 e. The van der Waals surface area contributed by atoms with Gasteiger partial charge in [0.05, 0.1) is 12.7 Å². The van der Waals surface area contributed by atoms with Gasteiger partial charge in [-0.1, -0.05) is 35.9 Å². The van der Waals surface area contributed by atoms with Crippen molar-refractivity contribution in [3.8, 4) is 0 Å². The summed E-state index contributed by atoms with van der Waals surface area (Å²) in [5.74, 6) is 1.01. The Morgan fingerprint density at radius 2 is 2.20 bits per heavy atom. The Morgan fingerprint density at radius 3 is 2.95 bits per heavy atom. The standard InChI is InChI=1S/C16H20ClN3/c1-19(11-16-18-10-15(17)20(16)2)14-9-5-7-12-6-3-4-8-13(12)14/h3-4,6,8,10,14H,5,7,9,11H2,1-2H3/t14-/m1/s1. The molecule has 0 saturated carbocycles. The lowest BCUT2D eigenvalue weighted by Gasteiger charge is -2.33. The molecule has 0 amide bonds. The van der Waals surface area contributed by atoms with Crippen LogP contribution in [0.5, 0.6) is 0 Å². The maximum atomic E-state index is 6.06. The zero-order valence-corrected chi connectivity index (χ0v) is 12.8. The van der Waals surface area contributed by atoms with Gasteiger partial charge in [0.1, 0.15) is 11.0 Å². The molecule has 0 saturated heterocycles. The van der Waals surface area contributed by atoms with Gasteiger partial charge >= 0.3 is 0 Å². The number of hydrogen-bond donors (Lipinski definition) is 0. The molecule has 0 fully saturated rings. The SMILES string of the molecule is CN(Cc1ncc(Cl)n1C)[C@@H]1CCCc2ccccc21. The van der Waals surface area contributed by atoms with Gasteiger partial charge < -0.3 is 4.57 Å². The summed E-state index contributed by atoms with van der Waals surface area (Å²) in [5.41, 5.74) is 2.97. The fourth-order valence-corrected chi connectivity index (χ4v) is 3.24. The van der Waals surface area contributed by atoms with Crippen LogP contribution in [0.25, 0.3) is 0 Å². The number of rotatable bonds is 3. The van der Waals surface area contributed by atoms with Crippen molar-refractivity contribution in [3.63, 3.8) is 0 Å². The molecule has 3 nitrogen and oxygen atoms in total. The summed E-state index contributed by atoms with van der Waals surface area (Å²) < 4.78 is 1.95. The van der Waals surface area contributed by atoms with Crippen LogP contribution in [0.3, 0.4) is 0 Å². The minimum Gasteiger partial charge on any atom is -0.321 e. The van der Waals surface area contributed by atoms with Gasteiger partial charge in [0.25, 0.3) is 0 Å². The number of nitrogens with zero attached hydrogens (tertiary/aromatic N) is 3. The van der Waals surface area contributed by atoms with Gasteiger partial charge in [0, 0.05) is 13.1 Å². The first-order chi connectivity index (χ1) is 9.66. The second-order valence-electron chi connectivity index (χ2n) is 5.58. The lowest BCUT2D eigenvalue weighted by Crippen LogP contribution is -2.28. The highest BCUT2D eigenvalue weighted by atomic mass is 35.5. The van der Waals surface area contributed by atoms with Crippen molar-refractivity contribution in [2.24, 2.45) is 7.05 Å². The van der Waals surface area contributed by atoms with Crippen LogP contribution >= 0.6 is 11.6 Å². The van der Waals surface area contributed by atoms with Crippen LogP contribution in [-0.4, -0.2) is 21.5 Å². The first kappa shape index (κ1) is 13.7. The third kappa shape index (κ3) is 2.48. The van der Waals surface area contributed by atoms with Crippen molar-refractivity contribution < 1.29 is 0 Å². The summed E-state index contributed by atoms with van der Waals surface area (Å²) in [7, 11) is 4.14. The maximum absolute atomic E-state index is 6.06. The van der Waals surface area contributed by atoms with E-state index >= 15 is 0 Å². The molecule has 1 aromatic heterocycles. The molecule has 1 aliphatic rings. The van der Waals surface area contributed by atoms with Crippen LogP contribution in [0.15, 0.2) is 30.5 Å². The first-order valence-corrected chi connectivity index (χ1v) is 7.48. The molecule has 0 bridgehead atoms. The van der Waals surface area contributed by atoms with Crippen LogP contribution in [0.4, 0.5) is 0 Å². The summed E-state index contributed by atoms with van der Waals surface area (Å²) >= 11 is 6.06. The van der Waals surface area contributed by atoms with Crippen LogP contribution in [0, 0.1) is 0 Å². The van der Waals surface area contributed by atoms with Gasteiger partial charge in [0.15, 0.2) is 0 Å². The molecule has 0 radical (unpaired) electrons. The lowest BCUT2D eigenvalue weighted by atomic mass is 9.87. The van der Waals surface area contributed by atoms with E-state index in [-0.39, 0.29) is 0 Å². The molecule has 4 heteroatoms. The number of hydrogen-bond acceptors (Lipinski definition) is 2. The van der Waals surface area contributed by atoms with Gasteiger partial charge in [0.2, 0.25) is 0 Å². The fraction of sp³-hybridized carbons (Fsp3) is 0.438. The molecular formula is C16H20ClN3. The molecule has 0 N–H and O–H groups in total. The summed E-state index contributed by atoms with van der Waals surface area (Å²) in [4.78, 5) is 6.78. The Balaban J connectivity index is 1.81. The van der Waals surface area contributed by atoms with E-state index in [4.69, 9.17) is 11.6 Å². The summed E-state index contributed by atoms with van der Waals surface area (Å²) in [6.07, 6.45) is 5.40. The third-order valence-electron chi connectivity index (χ3n) is 4.29. The lowest BCUT2D eigenvalue weighted by molar-refractivity contribution is 0.206. The molecular weight excluding hydrogens is 270 g/mol. The van der Waals surface area contributed by atoms with E-state index in [0.717, 1.165) is 12.4 Å². The average molecular weight is 290 g/mol. The van der Waals surface area contributed by atoms with Crippen molar-refractivity contribution in [2.75, 3.05) is 7.05 Å². The van der Waals surface area contributed by atoms with Crippen molar-refractivity contribution >= 4 is 11.6 Å². The highest BCUT2D eigenvalue weighted by molar-refractivity contribution is 6.29. The Kier molecular flexibility index (Phi) is 3.81. The molecule has 1 heterocycles. The number of imidazole rings is 1. The summed E-state index contributed by atoms with van der Waals surface area (Å²) in [6.45, 7) is 0.822. The van der Waals surface area contributed by atoms with Crippen LogP contribution in [0.2, 0.25) is 5.15 Å². The van der Waals surface area contributed by atoms with Gasteiger partial charge in [-0.25, -0.2) is 4.98 Å². The second-order valence-corrected chi connectivity index (χ2v) is 5.97.